The van der Waals surface area contributed by atoms with E-state index in [1.54, 1.807) is 43.4 Å². The van der Waals surface area contributed by atoms with Crippen molar-refractivity contribution in [3.05, 3.63) is 46.5 Å². The van der Waals surface area contributed by atoms with Gasteiger partial charge in [-0.2, -0.15) is 0 Å². The number of nitrogens with two attached hydrogens (primary N) is 1. The van der Waals surface area contributed by atoms with Gasteiger partial charge in [-0.25, -0.2) is 9.59 Å². The maximum Gasteiger partial charge on any atom is 0.409 e. The number of carboxylic acids is 1. The summed E-state index contributed by atoms with van der Waals surface area (Å²) in [7, 11) is 5.71. The fraction of sp³-hybridized carbons (Fsp3) is 0.660. The summed E-state index contributed by atoms with van der Waals surface area (Å²) >= 11 is 7.88. The van der Waals surface area contributed by atoms with E-state index in [0.29, 0.717) is 17.9 Å². The average Bonchev–Trinajstić information content (AvgIpc) is 1.76. The van der Waals surface area contributed by atoms with Crippen LogP contribution in [0, 0.1) is 17.8 Å². The number of esters is 1. The number of aliphatic carboxylic acids is 1. The van der Waals surface area contributed by atoms with E-state index in [2.05, 4.69) is 5.32 Å². The Hall–Kier alpha value is -5.26. The average molecular weight is 1110 g/mol. The molecule has 0 spiro atoms. The molecule has 4 fully saturated rings. The number of rotatable bonds is 18. The predicted molar refractivity (Wildman–Crippen MR) is 281 cm³/mol. The number of ether oxygens (including phenoxy) is 5. The van der Waals surface area contributed by atoms with Crippen LogP contribution in [-0.4, -0.2) is 168 Å². The van der Waals surface area contributed by atoms with Crippen LogP contribution in [0.15, 0.2) is 35.9 Å². The van der Waals surface area contributed by atoms with Gasteiger partial charge in [0.1, 0.15) is 46.7 Å². The standard InChI is InChI=1S/C53H75ClN6O15S/c1-29-12-11-14-40(72-8)53(70)27-38(73-51(69)57-53)30(2)46-52(4,75-46)41(26-43(62)59(6)36-23-33(22-29)24-37(71-7)45(36)54)74-50(68)31(3)58(5)42(61)19-21-76-39-25-44(63)60(48(39)65)28-32-15-17-34(18-16-32)47(64)56-20-10-9-13-35(55)49(66)67/h11-12,14,23-24,30-32,34-35,38-41,46,70H,9-10,13,15-22,25-28,55H2,1-8H3,(H,56,64)(H,57,69)(H,66,67)/b14-11+,29-12+/t30-,31+,32?,34?,35+,38+,39?,40-,41+,46-,52+,53+/m1/s1/i9D2,10D2,13D2,20D2,35D. The van der Waals surface area contributed by atoms with Crippen LogP contribution in [0.25, 0.3) is 0 Å². The van der Waals surface area contributed by atoms with Crippen molar-refractivity contribution in [2.24, 2.45) is 23.5 Å². The number of hydrogen-bond acceptors (Lipinski definition) is 16. The Morgan fingerprint density at radius 2 is 1.83 bits per heavy atom. The molecule has 6 amide bonds. The molecule has 4 heterocycles. The molecule has 1 aromatic carbocycles. The zero-order chi connectivity index (χ0) is 63.9. The lowest BCUT2D eigenvalue weighted by Gasteiger charge is -2.42. The largest absolute Gasteiger partial charge is 0.495 e. The van der Waals surface area contributed by atoms with Crippen molar-refractivity contribution >= 4 is 76.6 Å². The number of fused-ring (bicyclic) bond motifs is 5. The Balaban J connectivity index is 1.07. The molecule has 76 heavy (non-hydrogen) atoms. The third-order valence-corrected chi connectivity index (χ3v) is 16.3. The molecule has 1 saturated carbocycles. The second kappa shape index (κ2) is 25.9. The van der Waals surface area contributed by atoms with Crippen LogP contribution in [0.5, 0.6) is 5.75 Å². The van der Waals surface area contributed by atoms with Crippen LogP contribution in [-0.2, 0) is 58.9 Å². The highest BCUT2D eigenvalue weighted by Crippen LogP contribution is 2.49. The molecule has 23 heteroatoms. The quantitative estimate of drug-likeness (QED) is 0.0779. The maximum absolute atomic E-state index is 14.4. The third kappa shape index (κ3) is 14.5. The topological polar surface area (TPSA) is 286 Å². The summed E-state index contributed by atoms with van der Waals surface area (Å²) in [4.78, 5) is 110. The minimum Gasteiger partial charge on any atom is -0.495 e. The Bertz CT molecular complexity index is 2850. The summed E-state index contributed by atoms with van der Waals surface area (Å²) in [6.45, 7) is 3.02. The molecule has 0 aromatic heterocycles. The predicted octanol–water partition coefficient (Wildman–Crippen LogP) is 4.27. The molecule has 1 aromatic rings. The van der Waals surface area contributed by atoms with Gasteiger partial charge in [0.25, 0.3) is 0 Å². The number of likely N-dealkylation sites (tertiary alicyclic amines) is 1. The number of imide groups is 1. The third-order valence-electron chi connectivity index (χ3n) is 14.8. The molecule has 6 rings (SSSR count). The number of carbonyl (C=O) groups excluding carboxylic acids is 7. The number of nitrogens with one attached hydrogen (secondary N) is 2. The first-order valence-electron chi connectivity index (χ1n) is 29.4. The summed E-state index contributed by atoms with van der Waals surface area (Å²) in [6, 6.07) is -1.51. The van der Waals surface area contributed by atoms with Gasteiger partial charge in [-0.15, -0.1) is 11.8 Å². The van der Waals surface area contributed by atoms with Crippen LogP contribution >= 0.6 is 23.4 Å². The SMILES string of the molecule is [2H]C([2H])(NC(=O)C1CCC(CN2C(=O)CC(SCCC(=O)N(C)[C@@H](C)C(=O)O[C@H]3CC(=O)N(C)c4cc(cc(OC)c4Cl)C/C(C)=C/C=C/[C@@H](OC)[C@@]4(O)C[C@H](OC(=O)N4)[C@@H](C)[C@H]4O[C@@]34C)C2=O)CC1)C([2H])([2H])C([2H])([2H])C([2H])([2H])[C@]([2H])(N)C(=O)O. The van der Waals surface area contributed by atoms with E-state index in [4.69, 9.17) is 53.4 Å². The van der Waals surface area contributed by atoms with E-state index >= 15 is 0 Å². The molecule has 5 aliphatic rings. The van der Waals surface area contributed by atoms with Crippen LogP contribution in [0.3, 0.4) is 0 Å². The number of thioether (sulfide) groups is 1. The van der Waals surface area contributed by atoms with Crippen molar-refractivity contribution in [2.75, 3.05) is 52.0 Å². The van der Waals surface area contributed by atoms with Crippen LogP contribution in [0.4, 0.5) is 10.5 Å². The molecular formula is C53H75ClN6O15S. The second-order valence-corrected chi connectivity index (χ2v) is 21.7. The Labute approximate surface area is 465 Å². The summed E-state index contributed by atoms with van der Waals surface area (Å²) in [5, 5.41) is 24.7. The van der Waals surface area contributed by atoms with Gasteiger partial charge in [0.15, 0.2) is 5.72 Å². The van der Waals surface area contributed by atoms with Crippen molar-refractivity contribution in [3.63, 3.8) is 0 Å². The van der Waals surface area contributed by atoms with E-state index < -0.39 is 144 Å². The molecule has 1 unspecified atom stereocenters. The summed E-state index contributed by atoms with van der Waals surface area (Å²) in [5.41, 5.74) is 3.81. The lowest BCUT2D eigenvalue weighted by atomic mass is 9.81. The number of carbonyl (C=O) groups is 8. The highest BCUT2D eigenvalue weighted by Gasteiger charge is 2.64. The monoisotopic (exact) mass is 1110 g/mol. The smallest absolute Gasteiger partial charge is 0.409 e. The molecule has 21 nitrogen and oxygen atoms in total. The molecule has 0 radical (unpaired) electrons. The van der Waals surface area contributed by atoms with Crippen molar-refractivity contribution in [1.82, 2.24) is 20.4 Å². The van der Waals surface area contributed by atoms with Gasteiger partial charge in [-0.05, 0) is 95.6 Å². The lowest BCUT2D eigenvalue weighted by Crippen LogP contribution is -2.63. The first kappa shape index (κ1) is 47.9. The van der Waals surface area contributed by atoms with E-state index in [1.807, 2.05) is 13.0 Å². The van der Waals surface area contributed by atoms with Crippen molar-refractivity contribution in [1.29, 1.82) is 0 Å². The van der Waals surface area contributed by atoms with E-state index in [1.165, 1.54) is 40.1 Å². The Kier molecular flexibility index (Phi) is 16.3. The normalized spacial score (nSPS) is 33.8. The molecule has 4 bridgehead atoms. The molecule has 4 aliphatic heterocycles. The minimum atomic E-state index is -4.08. The number of anilines is 1. The van der Waals surface area contributed by atoms with Gasteiger partial charge < -0.3 is 54.7 Å². The summed E-state index contributed by atoms with van der Waals surface area (Å²) < 4.78 is 102. The van der Waals surface area contributed by atoms with Gasteiger partial charge in [-0.1, -0.05) is 42.3 Å². The van der Waals surface area contributed by atoms with Crippen molar-refractivity contribution < 1.29 is 84.6 Å². The van der Waals surface area contributed by atoms with Crippen molar-refractivity contribution in [3.8, 4) is 5.75 Å². The number of carboxylic acid groups (broad SMARTS) is 1. The molecule has 10 atom stereocenters. The van der Waals surface area contributed by atoms with Gasteiger partial charge in [0, 0.05) is 82.1 Å². The molecule has 420 valence electrons. The summed E-state index contributed by atoms with van der Waals surface area (Å²) in [6.07, 6.45) is -11.8. The zero-order valence-electron chi connectivity index (χ0n) is 52.8. The highest BCUT2D eigenvalue weighted by atomic mass is 35.5. The highest BCUT2D eigenvalue weighted by molar-refractivity contribution is 8.00. The number of amides is 6. The Morgan fingerprint density at radius 1 is 1.12 bits per heavy atom. The number of epoxide rings is 1. The van der Waals surface area contributed by atoms with Gasteiger partial charge in [0.05, 0.1) is 31.9 Å². The van der Waals surface area contributed by atoms with Gasteiger partial charge >= 0.3 is 18.0 Å². The number of alkyl carbamates (subject to hydrolysis) is 1. The van der Waals surface area contributed by atoms with Crippen molar-refractivity contribution in [2.45, 2.75) is 158 Å². The van der Waals surface area contributed by atoms with E-state index in [9.17, 15) is 48.6 Å². The van der Waals surface area contributed by atoms with E-state index in [0.717, 1.165) is 32.7 Å². The number of halogens is 1. The fourth-order valence-corrected chi connectivity index (χ4v) is 11.3. The molecule has 1 aliphatic carbocycles. The van der Waals surface area contributed by atoms with E-state index in [-0.39, 0.29) is 68.2 Å². The molecule has 3 saturated heterocycles. The van der Waals surface area contributed by atoms with Crippen LogP contribution in [0.2, 0.25) is 5.02 Å². The zero-order valence-corrected chi connectivity index (χ0v) is 45.3. The number of allylic oxidation sites excluding steroid dienone is 3. The second-order valence-electron chi connectivity index (χ2n) is 20.0. The number of likely N-dealkylation sites (N-methyl/N-ethyl adjacent to an activating group) is 1. The molecular weight excluding hydrogens is 1030 g/mol. The number of hydrogen-bond donors (Lipinski definition) is 5. The molecule has 6 N–H and O–H groups in total. The number of methoxy groups -OCH3 is 2. The van der Waals surface area contributed by atoms with Crippen LogP contribution < -0.4 is 26.0 Å². The number of aliphatic hydroxyl groups is 1. The van der Waals surface area contributed by atoms with Gasteiger partial charge in [0.2, 0.25) is 29.5 Å². The minimum absolute atomic E-state index is 0.0120. The number of benzene rings is 1. The first-order chi connectivity index (χ1) is 39.2. The number of nitrogens with zero attached hydrogens (tertiary/aromatic N) is 3. The fourth-order valence-electron chi connectivity index (χ4n) is 9.90. The lowest BCUT2D eigenvalue weighted by molar-refractivity contribution is -0.162. The van der Waals surface area contributed by atoms with Gasteiger partial charge in [-0.3, -0.25) is 39.0 Å². The first-order valence-corrected chi connectivity index (χ1v) is 26.3. The Morgan fingerprint density at radius 3 is 2.50 bits per heavy atom. The summed E-state index contributed by atoms with van der Waals surface area (Å²) in [5.74, 6) is -7.86. The maximum atomic E-state index is 14.4. The van der Waals surface area contributed by atoms with Crippen LogP contribution in [0.1, 0.15) is 116 Å².